The molecule has 2 heterocycles. The van der Waals surface area contributed by atoms with E-state index in [0.717, 1.165) is 38.1 Å². The lowest BCUT2D eigenvalue weighted by Crippen LogP contribution is -2.26. The summed E-state index contributed by atoms with van der Waals surface area (Å²) in [6.45, 7) is 0.729. The van der Waals surface area contributed by atoms with Crippen LogP contribution in [0.15, 0.2) is 23.0 Å². The number of benzene rings is 1. The fourth-order valence-corrected chi connectivity index (χ4v) is 2.83. The third-order valence-electron chi connectivity index (χ3n) is 3.79. The third kappa shape index (κ3) is 2.36. The summed E-state index contributed by atoms with van der Waals surface area (Å²) in [5.41, 5.74) is 0.927. The van der Waals surface area contributed by atoms with E-state index in [2.05, 4.69) is 4.98 Å². The van der Waals surface area contributed by atoms with Crippen molar-refractivity contribution in [1.29, 1.82) is 0 Å². The second-order valence-electron chi connectivity index (χ2n) is 5.15. The highest BCUT2D eigenvalue weighted by atomic mass is 35.5. The molecule has 1 aliphatic heterocycles. The normalized spacial score (nSPS) is 15.4. The van der Waals surface area contributed by atoms with Gasteiger partial charge in [-0.05, 0) is 42.6 Å². The van der Waals surface area contributed by atoms with E-state index in [-0.39, 0.29) is 5.56 Å². The van der Waals surface area contributed by atoms with Gasteiger partial charge in [-0.3, -0.25) is 14.2 Å². The van der Waals surface area contributed by atoms with Crippen molar-refractivity contribution in [3.8, 4) is 0 Å². The van der Waals surface area contributed by atoms with Crippen LogP contribution >= 0.6 is 11.6 Å². The smallest absolute Gasteiger partial charge is 0.261 e. The van der Waals surface area contributed by atoms with E-state index >= 15 is 0 Å². The van der Waals surface area contributed by atoms with Gasteiger partial charge >= 0.3 is 0 Å². The number of nitrogens with zero attached hydrogens (tertiary/aromatic N) is 2. The van der Waals surface area contributed by atoms with Gasteiger partial charge in [0.15, 0.2) is 0 Å². The van der Waals surface area contributed by atoms with Gasteiger partial charge in [-0.2, -0.15) is 0 Å². The maximum atomic E-state index is 12.5. The highest BCUT2D eigenvalue weighted by molar-refractivity contribution is 6.67. The zero-order valence-electron chi connectivity index (χ0n) is 11.1. The molecule has 0 aliphatic carbocycles. The van der Waals surface area contributed by atoms with Crippen LogP contribution < -0.4 is 5.56 Å². The largest absolute Gasteiger partial charge is 0.296 e. The van der Waals surface area contributed by atoms with Crippen LogP contribution in [0, 0.1) is 0 Å². The molecule has 0 saturated heterocycles. The summed E-state index contributed by atoms with van der Waals surface area (Å²) in [5, 5.41) is 0.0246. The monoisotopic (exact) mass is 290 g/mol. The van der Waals surface area contributed by atoms with Crippen molar-refractivity contribution in [1.82, 2.24) is 9.55 Å². The van der Waals surface area contributed by atoms with E-state index in [1.165, 1.54) is 6.42 Å². The van der Waals surface area contributed by atoms with Crippen molar-refractivity contribution >= 4 is 27.7 Å². The Hall–Kier alpha value is -1.68. The average molecular weight is 291 g/mol. The molecule has 0 saturated carbocycles. The van der Waals surface area contributed by atoms with E-state index in [1.54, 1.807) is 22.8 Å². The minimum Gasteiger partial charge on any atom is -0.296 e. The number of halogens is 1. The quantitative estimate of drug-likeness (QED) is 0.759. The van der Waals surface area contributed by atoms with E-state index in [1.807, 2.05) is 0 Å². The van der Waals surface area contributed by atoms with Crippen molar-refractivity contribution in [2.75, 3.05) is 0 Å². The molecular formula is C15H15ClN2O2. The second-order valence-corrected chi connectivity index (χ2v) is 5.50. The molecular weight excluding hydrogens is 276 g/mol. The Morgan fingerprint density at radius 3 is 2.80 bits per heavy atom. The Labute approximate surface area is 121 Å². The number of hydrogen-bond acceptors (Lipinski definition) is 3. The molecule has 0 spiro atoms. The fraction of sp³-hybridized carbons (Fsp3) is 0.400. The Balaban J connectivity index is 2.22. The third-order valence-corrected chi connectivity index (χ3v) is 4.01. The van der Waals surface area contributed by atoms with Gasteiger partial charge in [0.25, 0.3) is 10.8 Å². The lowest BCUT2D eigenvalue weighted by Gasteiger charge is -2.16. The molecule has 104 valence electrons. The number of fused-ring (bicyclic) bond motifs is 2. The Morgan fingerprint density at radius 2 is 2.00 bits per heavy atom. The highest BCUT2D eigenvalue weighted by Crippen LogP contribution is 2.17. The van der Waals surface area contributed by atoms with Gasteiger partial charge in [0, 0.05) is 18.5 Å². The first kappa shape index (κ1) is 13.3. The van der Waals surface area contributed by atoms with Crippen LogP contribution in [0.4, 0.5) is 0 Å². The summed E-state index contributed by atoms with van der Waals surface area (Å²) in [6, 6.07) is 4.83. The van der Waals surface area contributed by atoms with Crippen molar-refractivity contribution in [3.05, 3.63) is 39.9 Å². The molecule has 0 bridgehead atoms. The van der Waals surface area contributed by atoms with Gasteiger partial charge in [-0.25, -0.2) is 4.98 Å². The molecule has 1 aliphatic rings. The summed E-state index contributed by atoms with van der Waals surface area (Å²) in [5.74, 6) is 0.821. The molecule has 0 radical (unpaired) electrons. The molecule has 3 rings (SSSR count). The summed E-state index contributed by atoms with van der Waals surface area (Å²) >= 11 is 5.48. The van der Waals surface area contributed by atoms with Gasteiger partial charge in [0.05, 0.1) is 10.9 Å². The van der Waals surface area contributed by atoms with Crippen LogP contribution in [-0.4, -0.2) is 14.8 Å². The summed E-state index contributed by atoms with van der Waals surface area (Å²) in [4.78, 5) is 28.3. The van der Waals surface area contributed by atoms with Crippen LogP contribution in [0.3, 0.4) is 0 Å². The second kappa shape index (κ2) is 5.37. The fourth-order valence-electron chi connectivity index (χ4n) is 2.72. The first-order chi connectivity index (χ1) is 9.66. The molecule has 2 aromatic rings. The number of aryl methyl sites for hydroxylation is 1. The maximum absolute atomic E-state index is 12.5. The lowest BCUT2D eigenvalue weighted by atomic mass is 10.1. The van der Waals surface area contributed by atoms with Gasteiger partial charge in [0.2, 0.25) is 0 Å². The molecule has 0 fully saturated rings. The first-order valence-corrected chi connectivity index (χ1v) is 7.28. The number of carbonyl (C=O) groups is 1. The average Bonchev–Trinajstić information content (AvgIpc) is 2.40. The van der Waals surface area contributed by atoms with Crippen molar-refractivity contribution in [2.24, 2.45) is 0 Å². The molecule has 0 unspecified atom stereocenters. The van der Waals surface area contributed by atoms with Crippen LogP contribution in [-0.2, 0) is 13.0 Å². The standard InChI is InChI=1S/C15H15ClN2O2/c16-14(19)10-6-7-11-12(9-10)17-13-5-3-1-2-4-8-18(13)15(11)20/h6-7,9H,1-5,8H2. The number of carbonyl (C=O) groups excluding carboxylic acids is 1. The summed E-state index contributed by atoms with van der Waals surface area (Å²) in [6.07, 6.45) is 5.20. The molecule has 0 N–H and O–H groups in total. The molecule has 1 aromatic carbocycles. The Bertz CT molecular complexity index is 736. The molecule has 0 atom stereocenters. The maximum Gasteiger partial charge on any atom is 0.261 e. The van der Waals surface area contributed by atoms with Gasteiger partial charge in [-0.1, -0.05) is 12.8 Å². The highest BCUT2D eigenvalue weighted by Gasteiger charge is 2.14. The number of hydrogen-bond donors (Lipinski definition) is 0. The van der Waals surface area contributed by atoms with Crippen LogP contribution in [0.2, 0.25) is 0 Å². The molecule has 4 nitrogen and oxygen atoms in total. The predicted octanol–water partition coefficient (Wildman–Crippen LogP) is 2.89. The minimum atomic E-state index is -0.527. The van der Waals surface area contributed by atoms with E-state index in [9.17, 15) is 9.59 Å². The Kier molecular flexibility index (Phi) is 3.57. The van der Waals surface area contributed by atoms with Gasteiger partial charge < -0.3 is 0 Å². The minimum absolute atomic E-state index is 0.0135. The predicted molar refractivity (Wildman–Crippen MR) is 78.4 cm³/mol. The zero-order chi connectivity index (χ0) is 14.1. The molecule has 20 heavy (non-hydrogen) atoms. The van der Waals surface area contributed by atoms with Crippen molar-refractivity contribution < 1.29 is 4.79 Å². The van der Waals surface area contributed by atoms with Crippen LogP contribution in [0.25, 0.3) is 10.9 Å². The number of rotatable bonds is 1. The van der Waals surface area contributed by atoms with Gasteiger partial charge in [-0.15, -0.1) is 0 Å². The van der Waals surface area contributed by atoms with Crippen LogP contribution in [0.5, 0.6) is 0 Å². The number of aromatic nitrogens is 2. The van der Waals surface area contributed by atoms with Crippen molar-refractivity contribution in [3.63, 3.8) is 0 Å². The first-order valence-electron chi connectivity index (χ1n) is 6.90. The molecule has 5 heteroatoms. The van der Waals surface area contributed by atoms with E-state index < -0.39 is 5.24 Å². The van der Waals surface area contributed by atoms with Crippen LogP contribution in [0.1, 0.15) is 41.9 Å². The molecule has 1 aromatic heterocycles. The molecule has 0 amide bonds. The SMILES string of the molecule is O=C(Cl)c1ccc2c(=O)n3c(nc2c1)CCCCCC3. The topological polar surface area (TPSA) is 52.0 Å². The summed E-state index contributed by atoms with van der Waals surface area (Å²) < 4.78 is 1.78. The van der Waals surface area contributed by atoms with E-state index in [4.69, 9.17) is 11.6 Å². The van der Waals surface area contributed by atoms with Gasteiger partial charge in [0.1, 0.15) is 5.82 Å². The van der Waals surface area contributed by atoms with Crippen molar-refractivity contribution in [2.45, 2.75) is 38.6 Å². The van der Waals surface area contributed by atoms with E-state index in [0.29, 0.717) is 16.5 Å². The zero-order valence-corrected chi connectivity index (χ0v) is 11.8. The summed E-state index contributed by atoms with van der Waals surface area (Å²) in [7, 11) is 0. The Morgan fingerprint density at radius 1 is 1.20 bits per heavy atom. The lowest BCUT2D eigenvalue weighted by molar-refractivity contribution is 0.108.